The number of carbonyl (C=O) groups excluding carboxylic acids is 4. The highest BCUT2D eigenvalue weighted by Crippen LogP contribution is 2.35. The number of barbiturate groups is 1. The van der Waals surface area contributed by atoms with Crippen molar-refractivity contribution in [3.63, 3.8) is 0 Å². The highest BCUT2D eigenvalue weighted by molar-refractivity contribution is 6.20. The second-order valence-electron chi connectivity index (χ2n) is 5.11. The number of nitrogens with zero attached hydrogens (tertiary/aromatic N) is 1. The van der Waals surface area contributed by atoms with Crippen molar-refractivity contribution < 1.29 is 19.2 Å². The number of nitrogens with one attached hydrogen (secondary N) is 1. The van der Waals surface area contributed by atoms with Gasteiger partial charge in [-0.3, -0.25) is 19.7 Å². The van der Waals surface area contributed by atoms with E-state index >= 15 is 0 Å². The molecule has 0 atom stereocenters. The molecule has 106 valence electrons. The smallest absolute Gasteiger partial charge is 0.331 e. The van der Waals surface area contributed by atoms with Crippen LogP contribution in [0.1, 0.15) is 40.5 Å². The number of hydrogen-bond donors (Lipinski definition) is 2. The van der Waals surface area contributed by atoms with Crippen molar-refractivity contribution in [2.24, 2.45) is 11.1 Å². The van der Waals surface area contributed by atoms with E-state index in [1.54, 1.807) is 13.8 Å². The van der Waals surface area contributed by atoms with Gasteiger partial charge in [0.2, 0.25) is 17.7 Å². The SMILES string of the molecule is CCC1(CC)C(=O)NC(=O)N(C(C)(C)C(N)=O)C1=O. The van der Waals surface area contributed by atoms with Gasteiger partial charge in [-0.05, 0) is 26.7 Å². The number of carbonyl (C=O) groups is 4. The Balaban J connectivity index is 3.35. The maximum Gasteiger partial charge on any atom is 0.331 e. The lowest BCUT2D eigenvalue weighted by Gasteiger charge is -2.43. The van der Waals surface area contributed by atoms with Crippen molar-refractivity contribution >= 4 is 23.8 Å². The number of urea groups is 1. The van der Waals surface area contributed by atoms with Gasteiger partial charge in [0.1, 0.15) is 11.0 Å². The fourth-order valence-corrected chi connectivity index (χ4v) is 2.17. The lowest BCUT2D eigenvalue weighted by molar-refractivity contribution is -0.158. The topological polar surface area (TPSA) is 110 Å². The van der Waals surface area contributed by atoms with Gasteiger partial charge in [0.15, 0.2) is 0 Å². The summed E-state index contributed by atoms with van der Waals surface area (Å²) in [5.74, 6) is -2.11. The minimum Gasteiger partial charge on any atom is -0.368 e. The fourth-order valence-electron chi connectivity index (χ4n) is 2.17. The van der Waals surface area contributed by atoms with Crippen LogP contribution in [0, 0.1) is 5.41 Å². The Morgan fingerprint density at radius 2 is 1.74 bits per heavy atom. The number of primary amides is 1. The second-order valence-corrected chi connectivity index (χ2v) is 5.11. The molecule has 0 unspecified atom stereocenters. The van der Waals surface area contributed by atoms with Crippen LogP contribution in [0.3, 0.4) is 0 Å². The summed E-state index contributed by atoms with van der Waals surface area (Å²) in [5.41, 5.74) is 2.43. The zero-order valence-electron chi connectivity index (χ0n) is 11.6. The third-order valence-corrected chi connectivity index (χ3v) is 3.84. The Morgan fingerprint density at radius 3 is 2.11 bits per heavy atom. The highest BCUT2D eigenvalue weighted by atomic mass is 16.2. The molecule has 0 aromatic heterocycles. The molecule has 1 heterocycles. The van der Waals surface area contributed by atoms with Crippen molar-refractivity contribution in [1.29, 1.82) is 0 Å². The van der Waals surface area contributed by atoms with Gasteiger partial charge in [0.05, 0.1) is 0 Å². The van der Waals surface area contributed by atoms with E-state index < -0.39 is 34.7 Å². The first-order chi connectivity index (χ1) is 8.65. The van der Waals surface area contributed by atoms with Crippen LogP contribution in [0.5, 0.6) is 0 Å². The molecule has 0 bridgehead atoms. The molecule has 1 aliphatic rings. The number of hydrogen-bond acceptors (Lipinski definition) is 4. The minimum atomic E-state index is -1.49. The first-order valence-electron chi connectivity index (χ1n) is 6.15. The Morgan fingerprint density at radius 1 is 1.26 bits per heavy atom. The molecule has 1 aliphatic heterocycles. The Kier molecular flexibility index (Phi) is 3.70. The normalized spacial score (nSPS) is 19.4. The maximum atomic E-state index is 12.5. The van der Waals surface area contributed by atoms with Crippen molar-refractivity contribution in [2.45, 2.75) is 46.1 Å². The molecule has 0 aliphatic carbocycles. The van der Waals surface area contributed by atoms with Crippen molar-refractivity contribution in [2.75, 3.05) is 0 Å². The lowest BCUT2D eigenvalue weighted by Crippen LogP contribution is -2.70. The van der Waals surface area contributed by atoms with Gasteiger partial charge >= 0.3 is 6.03 Å². The monoisotopic (exact) mass is 269 g/mol. The van der Waals surface area contributed by atoms with E-state index in [1.807, 2.05) is 0 Å². The van der Waals surface area contributed by atoms with Crippen LogP contribution in [-0.2, 0) is 14.4 Å². The van der Waals surface area contributed by atoms with E-state index in [2.05, 4.69) is 5.32 Å². The third kappa shape index (κ3) is 1.98. The number of amides is 5. The molecular formula is C12H19N3O4. The lowest BCUT2D eigenvalue weighted by atomic mass is 9.77. The first kappa shape index (κ1) is 15.1. The first-order valence-corrected chi connectivity index (χ1v) is 6.15. The van der Waals surface area contributed by atoms with Gasteiger partial charge in [0, 0.05) is 0 Å². The molecule has 7 nitrogen and oxygen atoms in total. The Hall–Kier alpha value is -1.92. The largest absolute Gasteiger partial charge is 0.368 e. The summed E-state index contributed by atoms with van der Waals surface area (Å²) in [7, 11) is 0. The average molecular weight is 269 g/mol. The van der Waals surface area contributed by atoms with E-state index in [0.717, 1.165) is 4.90 Å². The average Bonchev–Trinajstić information content (AvgIpc) is 2.29. The molecule has 0 saturated carbocycles. The summed E-state index contributed by atoms with van der Waals surface area (Å²) in [6.07, 6.45) is 0.486. The summed E-state index contributed by atoms with van der Waals surface area (Å²) in [4.78, 5) is 48.5. The molecule has 0 aromatic rings. The molecule has 7 heteroatoms. The van der Waals surface area contributed by atoms with E-state index in [-0.39, 0.29) is 12.8 Å². The number of imide groups is 2. The van der Waals surface area contributed by atoms with Crippen molar-refractivity contribution in [1.82, 2.24) is 10.2 Å². The summed E-state index contributed by atoms with van der Waals surface area (Å²) in [6.45, 7) is 6.12. The van der Waals surface area contributed by atoms with Crippen molar-refractivity contribution in [3.05, 3.63) is 0 Å². The van der Waals surface area contributed by atoms with Gasteiger partial charge < -0.3 is 5.73 Å². The standard InChI is InChI=1S/C12H19N3O4/c1-5-12(6-2)8(17)14-10(19)15(9(12)18)11(3,4)7(13)16/h5-6H2,1-4H3,(H2,13,16)(H,14,17,19). The highest BCUT2D eigenvalue weighted by Gasteiger charge is 2.56. The van der Waals surface area contributed by atoms with Gasteiger partial charge in [0.25, 0.3) is 0 Å². The summed E-state index contributed by atoms with van der Waals surface area (Å²) >= 11 is 0. The third-order valence-electron chi connectivity index (χ3n) is 3.84. The van der Waals surface area contributed by atoms with Crippen LogP contribution in [0.4, 0.5) is 4.79 Å². The van der Waals surface area contributed by atoms with Gasteiger partial charge in [-0.25, -0.2) is 9.69 Å². The second kappa shape index (κ2) is 4.64. The Labute approximate surface area is 111 Å². The van der Waals surface area contributed by atoms with E-state index in [4.69, 9.17) is 5.73 Å². The molecule has 1 fully saturated rings. The Bertz CT molecular complexity index is 452. The zero-order chi connectivity index (χ0) is 15.0. The summed E-state index contributed by atoms with van der Waals surface area (Å²) < 4.78 is 0. The maximum absolute atomic E-state index is 12.5. The molecule has 1 rings (SSSR count). The fraction of sp³-hybridized carbons (Fsp3) is 0.667. The summed E-state index contributed by atoms with van der Waals surface area (Å²) in [6, 6.07) is -0.906. The van der Waals surface area contributed by atoms with Gasteiger partial charge in [-0.2, -0.15) is 0 Å². The van der Waals surface area contributed by atoms with Crippen LogP contribution in [0.2, 0.25) is 0 Å². The molecule has 0 aromatic carbocycles. The van der Waals surface area contributed by atoms with Crippen molar-refractivity contribution in [3.8, 4) is 0 Å². The summed E-state index contributed by atoms with van der Waals surface area (Å²) in [5, 5.41) is 2.13. The van der Waals surface area contributed by atoms with Crippen LogP contribution in [-0.4, -0.2) is 34.2 Å². The molecule has 19 heavy (non-hydrogen) atoms. The molecule has 0 spiro atoms. The van der Waals surface area contributed by atoms with Crippen LogP contribution < -0.4 is 11.1 Å². The molecule has 0 radical (unpaired) electrons. The van der Waals surface area contributed by atoms with Gasteiger partial charge in [-0.15, -0.1) is 0 Å². The van der Waals surface area contributed by atoms with Crippen LogP contribution >= 0.6 is 0 Å². The molecular weight excluding hydrogens is 250 g/mol. The van der Waals surface area contributed by atoms with Crippen LogP contribution in [0.15, 0.2) is 0 Å². The minimum absolute atomic E-state index is 0.243. The predicted molar refractivity (Wildman–Crippen MR) is 66.7 cm³/mol. The predicted octanol–water partition coefficient (Wildman–Crippen LogP) is 0.135. The van der Waals surface area contributed by atoms with E-state index in [1.165, 1.54) is 13.8 Å². The zero-order valence-corrected chi connectivity index (χ0v) is 11.6. The molecule has 5 amide bonds. The quantitative estimate of drug-likeness (QED) is 0.707. The number of rotatable bonds is 4. The molecule has 3 N–H and O–H groups in total. The number of nitrogens with two attached hydrogens (primary N) is 1. The molecule has 1 saturated heterocycles. The van der Waals surface area contributed by atoms with Crippen LogP contribution in [0.25, 0.3) is 0 Å². The van der Waals surface area contributed by atoms with E-state index in [9.17, 15) is 19.2 Å². The van der Waals surface area contributed by atoms with Gasteiger partial charge in [-0.1, -0.05) is 13.8 Å². The van der Waals surface area contributed by atoms with E-state index in [0.29, 0.717) is 0 Å².